The van der Waals surface area contributed by atoms with Crippen LogP contribution in [0.2, 0.25) is 0 Å². The number of hydrogen-bond donors (Lipinski definition) is 1. The lowest BCUT2D eigenvalue weighted by Gasteiger charge is -2.18. The number of nitrogens with one attached hydrogen (secondary N) is 1. The molecular formula is C16H31N3S. The van der Waals surface area contributed by atoms with E-state index < -0.39 is 0 Å². The lowest BCUT2D eigenvalue weighted by Crippen LogP contribution is -2.25. The van der Waals surface area contributed by atoms with Gasteiger partial charge >= 0.3 is 0 Å². The average molecular weight is 298 g/mol. The fraction of sp³-hybridized carbons (Fsp3) is 0.812. The van der Waals surface area contributed by atoms with Crippen LogP contribution >= 0.6 is 11.3 Å². The molecule has 0 bridgehead atoms. The molecule has 0 spiro atoms. The van der Waals surface area contributed by atoms with Gasteiger partial charge in [0, 0.05) is 29.8 Å². The average Bonchev–Trinajstić information content (AvgIpc) is 2.81. The summed E-state index contributed by atoms with van der Waals surface area (Å²) in [6.07, 6.45) is 1.07. The second kappa shape index (κ2) is 8.11. The molecule has 20 heavy (non-hydrogen) atoms. The topological polar surface area (TPSA) is 28.2 Å². The predicted octanol–water partition coefficient (Wildman–Crippen LogP) is 3.43. The molecule has 0 unspecified atom stereocenters. The normalized spacial score (nSPS) is 12.3. The molecule has 1 N–H and O–H groups in total. The molecule has 116 valence electrons. The number of rotatable bonds is 8. The summed E-state index contributed by atoms with van der Waals surface area (Å²) in [6.45, 7) is 18.7. The molecule has 0 radical (unpaired) electrons. The van der Waals surface area contributed by atoms with Crippen molar-refractivity contribution in [3.8, 4) is 0 Å². The molecule has 3 nitrogen and oxygen atoms in total. The zero-order valence-electron chi connectivity index (χ0n) is 14.0. The molecule has 0 saturated carbocycles. The minimum atomic E-state index is 0.134. The van der Waals surface area contributed by atoms with Crippen molar-refractivity contribution in [2.45, 2.75) is 59.9 Å². The lowest BCUT2D eigenvalue weighted by atomic mass is 9.91. The summed E-state index contributed by atoms with van der Waals surface area (Å²) in [4.78, 5) is 8.80. The van der Waals surface area contributed by atoms with Gasteiger partial charge in [-0.2, -0.15) is 0 Å². The van der Waals surface area contributed by atoms with Crippen LogP contribution in [-0.4, -0.2) is 36.1 Å². The van der Waals surface area contributed by atoms with Crippen molar-refractivity contribution in [2.24, 2.45) is 0 Å². The van der Waals surface area contributed by atoms with Gasteiger partial charge in [-0.1, -0.05) is 41.5 Å². The Hall–Kier alpha value is -0.450. The van der Waals surface area contributed by atoms with Gasteiger partial charge in [0.15, 0.2) is 0 Å². The van der Waals surface area contributed by atoms with E-state index in [9.17, 15) is 0 Å². The fourth-order valence-electron chi connectivity index (χ4n) is 2.25. The quantitative estimate of drug-likeness (QED) is 0.797. The highest BCUT2D eigenvalue weighted by Crippen LogP contribution is 2.29. The van der Waals surface area contributed by atoms with Gasteiger partial charge in [-0.25, -0.2) is 4.98 Å². The molecule has 1 heterocycles. The van der Waals surface area contributed by atoms with Gasteiger partial charge < -0.3 is 10.2 Å². The van der Waals surface area contributed by atoms with E-state index in [1.807, 2.05) is 11.3 Å². The Kier molecular flexibility index (Phi) is 7.13. The van der Waals surface area contributed by atoms with E-state index in [4.69, 9.17) is 4.98 Å². The van der Waals surface area contributed by atoms with Gasteiger partial charge in [-0.3, -0.25) is 0 Å². The Morgan fingerprint density at radius 1 is 1.15 bits per heavy atom. The lowest BCUT2D eigenvalue weighted by molar-refractivity contribution is 0.307. The number of hydrogen-bond acceptors (Lipinski definition) is 4. The molecule has 1 aromatic heterocycles. The van der Waals surface area contributed by atoms with Crippen LogP contribution in [0.1, 0.15) is 57.1 Å². The summed E-state index contributed by atoms with van der Waals surface area (Å²) < 4.78 is 0. The summed E-state index contributed by atoms with van der Waals surface area (Å²) in [7, 11) is 0. The third-order valence-corrected chi connectivity index (χ3v) is 4.64. The molecule has 0 fully saturated rings. The van der Waals surface area contributed by atoms with Gasteiger partial charge in [0.05, 0.1) is 10.7 Å². The van der Waals surface area contributed by atoms with Gasteiger partial charge in [-0.15, -0.1) is 11.3 Å². The van der Waals surface area contributed by atoms with E-state index in [1.165, 1.54) is 15.6 Å². The van der Waals surface area contributed by atoms with Crippen molar-refractivity contribution in [1.29, 1.82) is 0 Å². The number of nitrogens with zero attached hydrogens (tertiary/aromatic N) is 2. The van der Waals surface area contributed by atoms with Crippen LogP contribution in [0.3, 0.4) is 0 Å². The van der Waals surface area contributed by atoms with Crippen molar-refractivity contribution in [1.82, 2.24) is 15.2 Å². The van der Waals surface area contributed by atoms with Crippen LogP contribution < -0.4 is 5.32 Å². The summed E-state index contributed by atoms with van der Waals surface area (Å²) >= 11 is 1.89. The van der Waals surface area contributed by atoms with Crippen LogP contribution in [0, 0.1) is 0 Å². The fourth-order valence-corrected chi connectivity index (χ4v) is 3.48. The smallest absolute Gasteiger partial charge is 0.0944 e. The zero-order chi connectivity index (χ0) is 15.2. The first-order valence-electron chi connectivity index (χ1n) is 7.84. The second-order valence-corrected chi connectivity index (χ2v) is 7.35. The van der Waals surface area contributed by atoms with Crippen molar-refractivity contribution in [2.75, 3.05) is 26.2 Å². The van der Waals surface area contributed by atoms with Crippen molar-refractivity contribution in [3.63, 3.8) is 0 Å². The molecule has 0 aliphatic heterocycles. The molecule has 0 saturated heterocycles. The zero-order valence-corrected chi connectivity index (χ0v) is 14.9. The summed E-state index contributed by atoms with van der Waals surface area (Å²) in [6, 6.07) is 0. The maximum absolute atomic E-state index is 4.93. The summed E-state index contributed by atoms with van der Waals surface area (Å²) in [5.41, 5.74) is 1.41. The molecule has 1 rings (SSSR count). The van der Waals surface area contributed by atoms with Crippen LogP contribution in [0.4, 0.5) is 0 Å². The highest BCUT2D eigenvalue weighted by Gasteiger charge is 2.22. The van der Waals surface area contributed by atoms with E-state index in [1.54, 1.807) is 0 Å². The van der Waals surface area contributed by atoms with Crippen LogP contribution in [0.5, 0.6) is 0 Å². The number of thiazole rings is 1. The molecule has 1 aromatic rings. The van der Waals surface area contributed by atoms with Gasteiger partial charge in [0.25, 0.3) is 0 Å². The molecule has 0 aliphatic rings. The van der Waals surface area contributed by atoms with Crippen molar-refractivity contribution >= 4 is 11.3 Å². The van der Waals surface area contributed by atoms with Crippen LogP contribution in [-0.2, 0) is 18.4 Å². The van der Waals surface area contributed by atoms with E-state index in [2.05, 4.69) is 51.8 Å². The molecule has 0 aromatic carbocycles. The molecule has 4 heteroatoms. The Balaban J connectivity index is 2.80. The summed E-state index contributed by atoms with van der Waals surface area (Å²) in [5.74, 6) is 0. The number of aromatic nitrogens is 1. The van der Waals surface area contributed by atoms with Gasteiger partial charge in [0.2, 0.25) is 0 Å². The SMILES string of the molecule is CCNCc1sc(CCN(CC)CC)nc1C(C)(C)C. The van der Waals surface area contributed by atoms with Gasteiger partial charge in [-0.05, 0) is 19.6 Å². The first-order valence-corrected chi connectivity index (χ1v) is 8.66. The highest BCUT2D eigenvalue weighted by molar-refractivity contribution is 7.11. The Bertz CT molecular complexity index is 389. The second-order valence-electron chi connectivity index (χ2n) is 6.19. The first-order chi connectivity index (χ1) is 9.42. The minimum Gasteiger partial charge on any atom is -0.312 e. The van der Waals surface area contributed by atoms with Crippen LogP contribution in [0.25, 0.3) is 0 Å². The Labute approximate surface area is 128 Å². The van der Waals surface area contributed by atoms with Crippen LogP contribution in [0.15, 0.2) is 0 Å². The third-order valence-electron chi connectivity index (χ3n) is 3.52. The largest absolute Gasteiger partial charge is 0.312 e. The highest BCUT2D eigenvalue weighted by atomic mass is 32.1. The summed E-state index contributed by atoms with van der Waals surface area (Å²) in [5, 5.41) is 4.72. The van der Waals surface area contributed by atoms with E-state index in [0.29, 0.717) is 0 Å². The molecule has 0 aliphatic carbocycles. The third kappa shape index (κ3) is 5.15. The molecule has 0 atom stereocenters. The molecule has 0 amide bonds. The monoisotopic (exact) mass is 297 g/mol. The first kappa shape index (κ1) is 17.6. The van der Waals surface area contributed by atoms with E-state index >= 15 is 0 Å². The minimum absolute atomic E-state index is 0.134. The maximum atomic E-state index is 4.93. The van der Waals surface area contributed by atoms with Gasteiger partial charge in [0.1, 0.15) is 0 Å². The Morgan fingerprint density at radius 2 is 1.80 bits per heavy atom. The maximum Gasteiger partial charge on any atom is 0.0944 e. The van der Waals surface area contributed by atoms with E-state index in [-0.39, 0.29) is 5.41 Å². The van der Waals surface area contributed by atoms with Crippen molar-refractivity contribution < 1.29 is 0 Å². The number of likely N-dealkylation sites (N-methyl/N-ethyl adjacent to an activating group) is 1. The van der Waals surface area contributed by atoms with Crippen molar-refractivity contribution in [3.05, 3.63) is 15.6 Å². The van der Waals surface area contributed by atoms with E-state index in [0.717, 1.165) is 39.1 Å². The predicted molar refractivity (Wildman–Crippen MR) is 89.7 cm³/mol. The standard InChI is InChI=1S/C16H31N3S/c1-7-17-12-13-15(16(4,5)6)18-14(20-13)10-11-19(8-2)9-3/h17H,7-12H2,1-6H3. The molecular weight excluding hydrogens is 266 g/mol. The Morgan fingerprint density at radius 3 is 2.30 bits per heavy atom.